The molecule has 5 nitrogen and oxygen atoms in total. The minimum atomic E-state index is -0.779. The van der Waals surface area contributed by atoms with Gasteiger partial charge in [-0.2, -0.15) is 5.26 Å². The molecular weight excluding hydrogens is 374 g/mol. The van der Waals surface area contributed by atoms with E-state index in [1.54, 1.807) is 18.0 Å². The van der Waals surface area contributed by atoms with Gasteiger partial charge in [0.1, 0.15) is 5.54 Å². The molecule has 0 spiro atoms. The zero-order chi connectivity index (χ0) is 22.1. The molecule has 0 saturated heterocycles. The molecule has 0 aromatic carbocycles. The van der Waals surface area contributed by atoms with E-state index < -0.39 is 5.54 Å². The molecule has 1 aliphatic heterocycles. The van der Waals surface area contributed by atoms with Gasteiger partial charge in [0.2, 0.25) is 11.8 Å². The maximum absolute atomic E-state index is 13.5. The van der Waals surface area contributed by atoms with Gasteiger partial charge >= 0.3 is 0 Å². The molecule has 2 amide bonds. The molecule has 0 aromatic rings. The Hall–Kier alpha value is -1.83. The van der Waals surface area contributed by atoms with Crippen molar-refractivity contribution in [2.75, 3.05) is 14.1 Å². The van der Waals surface area contributed by atoms with Crippen LogP contribution in [0.1, 0.15) is 66.2 Å². The summed E-state index contributed by atoms with van der Waals surface area (Å²) in [5.41, 5.74) is -0.728. The summed E-state index contributed by atoms with van der Waals surface area (Å²) in [6, 6.07) is 2.58. The standard InChI is InChI=1S/C25H37N3O2/c1-23(2,15-26)28(6)22(30)19-9-8-17-16-7-10-20-25(4,14-12-21(29)27(20)5)18(16)11-13-24(17,19)3/h12,14,16-20H,7-11,13H2,1-6H3/t16-,17-,18-,19+,20+,24-,25+/m0/s1. The summed E-state index contributed by atoms with van der Waals surface area (Å²) in [6.45, 7) is 8.35. The quantitative estimate of drug-likeness (QED) is 0.690. The van der Waals surface area contributed by atoms with Crippen molar-refractivity contribution in [1.82, 2.24) is 9.80 Å². The van der Waals surface area contributed by atoms with Crippen LogP contribution < -0.4 is 0 Å². The molecule has 0 unspecified atom stereocenters. The Kier molecular flexibility index (Phi) is 4.88. The van der Waals surface area contributed by atoms with Crippen LogP contribution in [0.2, 0.25) is 0 Å². The fraction of sp³-hybridized carbons (Fsp3) is 0.800. The van der Waals surface area contributed by atoms with Crippen molar-refractivity contribution in [3.63, 3.8) is 0 Å². The van der Waals surface area contributed by atoms with Crippen molar-refractivity contribution in [3.8, 4) is 6.07 Å². The highest BCUT2D eigenvalue weighted by molar-refractivity contribution is 5.89. The highest BCUT2D eigenvalue weighted by atomic mass is 16.2. The van der Waals surface area contributed by atoms with Gasteiger partial charge < -0.3 is 9.80 Å². The fourth-order valence-electron chi connectivity index (χ4n) is 7.73. The Morgan fingerprint density at radius 2 is 1.90 bits per heavy atom. The molecule has 1 heterocycles. The van der Waals surface area contributed by atoms with E-state index in [0.29, 0.717) is 23.8 Å². The van der Waals surface area contributed by atoms with E-state index in [9.17, 15) is 14.9 Å². The number of rotatable bonds is 2. The molecule has 0 bridgehead atoms. The average molecular weight is 412 g/mol. The number of carbonyl (C=O) groups is 2. The Morgan fingerprint density at radius 3 is 2.57 bits per heavy atom. The molecule has 164 valence electrons. The lowest BCUT2D eigenvalue weighted by atomic mass is 9.47. The molecule has 7 atom stereocenters. The summed E-state index contributed by atoms with van der Waals surface area (Å²) in [7, 11) is 3.75. The summed E-state index contributed by atoms with van der Waals surface area (Å²) in [4.78, 5) is 29.3. The molecule has 4 rings (SSSR count). The lowest BCUT2D eigenvalue weighted by molar-refractivity contribution is -0.148. The number of nitrogens with zero attached hydrogens (tertiary/aromatic N) is 3. The van der Waals surface area contributed by atoms with Crippen molar-refractivity contribution in [2.24, 2.45) is 34.5 Å². The predicted octanol–water partition coefficient (Wildman–Crippen LogP) is 4.00. The van der Waals surface area contributed by atoms with Gasteiger partial charge in [-0.3, -0.25) is 9.59 Å². The van der Waals surface area contributed by atoms with Crippen LogP contribution in [0.3, 0.4) is 0 Å². The lowest BCUT2D eigenvalue weighted by Crippen LogP contribution is -2.60. The zero-order valence-electron chi connectivity index (χ0n) is 19.4. The zero-order valence-corrected chi connectivity index (χ0v) is 19.4. The maximum atomic E-state index is 13.5. The first-order valence-corrected chi connectivity index (χ1v) is 11.6. The van der Waals surface area contributed by atoms with Gasteiger partial charge in [-0.15, -0.1) is 0 Å². The normalized spacial score (nSPS) is 42.8. The average Bonchev–Trinajstić information content (AvgIpc) is 3.07. The summed E-state index contributed by atoms with van der Waals surface area (Å²) in [5.74, 6) is 2.03. The maximum Gasteiger partial charge on any atom is 0.246 e. The molecule has 5 heteroatoms. The smallest absolute Gasteiger partial charge is 0.246 e. The first-order valence-electron chi connectivity index (χ1n) is 11.6. The van der Waals surface area contributed by atoms with Gasteiger partial charge in [0.25, 0.3) is 0 Å². The van der Waals surface area contributed by atoms with Crippen molar-refractivity contribution >= 4 is 11.8 Å². The van der Waals surface area contributed by atoms with Crippen molar-refractivity contribution in [2.45, 2.75) is 77.8 Å². The largest absolute Gasteiger partial charge is 0.338 e. The van der Waals surface area contributed by atoms with Crippen LogP contribution in [0.15, 0.2) is 12.2 Å². The van der Waals surface area contributed by atoms with E-state index in [2.05, 4.69) is 26.0 Å². The fourth-order valence-corrected chi connectivity index (χ4v) is 7.73. The van der Waals surface area contributed by atoms with Gasteiger partial charge in [0, 0.05) is 31.5 Å². The second kappa shape index (κ2) is 6.84. The Labute approximate surface area is 181 Å². The number of hydrogen-bond acceptors (Lipinski definition) is 3. The third kappa shape index (κ3) is 2.78. The highest BCUT2D eigenvalue weighted by Crippen LogP contribution is 2.65. The predicted molar refractivity (Wildman–Crippen MR) is 116 cm³/mol. The van der Waals surface area contributed by atoms with Gasteiger partial charge in [-0.05, 0) is 81.6 Å². The number of likely N-dealkylation sites (N-methyl/N-ethyl adjacent to an activating group) is 1. The van der Waals surface area contributed by atoms with Gasteiger partial charge in [-0.25, -0.2) is 0 Å². The van der Waals surface area contributed by atoms with E-state index >= 15 is 0 Å². The topological polar surface area (TPSA) is 64.4 Å². The van der Waals surface area contributed by atoms with Crippen molar-refractivity contribution in [1.29, 1.82) is 5.26 Å². The van der Waals surface area contributed by atoms with Crippen LogP contribution in [0.4, 0.5) is 0 Å². The van der Waals surface area contributed by atoms with Gasteiger partial charge in [-0.1, -0.05) is 19.9 Å². The number of hydrogen-bond donors (Lipinski definition) is 0. The Morgan fingerprint density at radius 1 is 1.20 bits per heavy atom. The summed E-state index contributed by atoms with van der Waals surface area (Å²) >= 11 is 0. The first kappa shape index (κ1) is 21.4. The third-order valence-corrected chi connectivity index (χ3v) is 9.87. The second-order valence-corrected chi connectivity index (χ2v) is 11.4. The highest BCUT2D eigenvalue weighted by Gasteiger charge is 2.62. The van der Waals surface area contributed by atoms with Crippen molar-refractivity contribution < 1.29 is 9.59 Å². The molecular formula is C25H37N3O2. The lowest BCUT2D eigenvalue weighted by Gasteiger charge is -2.60. The molecule has 4 aliphatic rings. The monoisotopic (exact) mass is 411 g/mol. The van der Waals surface area contributed by atoms with Crippen LogP contribution in [-0.2, 0) is 9.59 Å². The van der Waals surface area contributed by atoms with Crippen LogP contribution in [0, 0.1) is 45.8 Å². The molecule has 0 aromatic heterocycles. The molecule has 30 heavy (non-hydrogen) atoms. The van der Waals surface area contributed by atoms with Crippen LogP contribution in [-0.4, -0.2) is 47.3 Å². The SMILES string of the molecule is CN1C(=O)C=C[C@]2(C)[C@H]3CC[C@]4(C)[C@@H](C(=O)N(C)C(C)(C)C#N)CC[C@H]4[C@@H]3CC[C@@H]12. The number of nitriles is 1. The Balaban J connectivity index is 1.61. The summed E-state index contributed by atoms with van der Waals surface area (Å²) in [6.07, 6.45) is 10.4. The summed E-state index contributed by atoms with van der Waals surface area (Å²) < 4.78 is 0. The Bertz CT molecular complexity index is 827. The summed E-state index contributed by atoms with van der Waals surface area (Å²) in [5, 5.41) is 9.51. The van der Waals surface area contributed by atoms with E-state index in [4.69, 9.17) is 0 Å². The van der Waals surface area contributed by atoms with E-state index in [-0.39, 0.29) is 28.6 Å². The van der Waals surface area contributed by atoms with Crippen LogP contribution in [0.25, 0.3) is 0 Å². The van der Waals surface area contributed by atoms with E-state index in [1.807, 2.05) is 25.8 Å². The number of fused-ring (bicyclic) bond motifs is 5. The molecule has 3 aliphatic carbocycles. The molecule has 0 radical (unpaired) electrons. The number of amides is 2. The first-order chi connectivity index (χ1) is 14.0. The molecule has 0 N–H and O–H groups in total. The van der Waals surface area contributed by atoms with Gasteiger partial charge in [0.05, 0.1) is 6.07 Å². The molecule has 3 fully saturated rings. The van der Waals surface area contributed by atoms with E-state index in [0.717, 1.165) is 38.5 Å². The van der Waals surface area contributed by atoms with Gasteiger partial charge in [0.15, 0.2) is 0 Å². The van der Waals surface area contributed by atoms with E-state index in [1.165, 1.54) is 0 Å². The van der Waals surface area contributed by atoms with Crippen LogP contribution >= 0.6 is 0 Å². The number of carbonyl (C=O) groups excluding carboxylic acids is 2. The molecule has 3 saturated carbocycles. The van der Waals surface area contributed by atoms with Crippen LogP contribution in [0.5, 0.6) is 0 Å². The third-order valence-electron chi connectivity index (χ3n) is 9.87. The minimum absolute atomic E-state index is 0.0118. The minimum Gasteiger partial charge on any atom is -0.338 e. The second-order valence-electron chi connectivity index (χ2n) is 11.4. The van der Waals surface area contributed by atoms with Crippen molar-refractivity contribution in [3.05, 3.63) is 12.2 Å².